The maximum absolute atomic E-state index is 13.4. The SMILES string of the molecule is COc1cc(C(=O)CC(C)(CCc2ccccc2)NC(=O)[C@@H]2CCCN2)cc(OC)c1OC.Cl. The molecule has 1 aliphatic rings. The second kappa shape index (κ2) is 12.6. The van der Waals surface area contributed by atoms with Gasteiger partial charge in [0.05, 0.1) is 27.4 Å². The quantitative estimate of drug-likeness (QED) is 0.464. The van der Waals surface area contributed by atoms with Gasteiger partial charge in [-0.2, -0.15) is 0 Å². The van der Waals surface area contributed by atoms with E-state index in [1.54, 1.807) is 12.1 Å². The van der Waals surface area contributed by atoms with Gasteiger partial charge in [0.2, 0.25) is 11.7 Å². The first-order chi connectivity index (χ1) is 15.9. The minimum absolute atomic E-state index is 0. The van der Waals surface area contributed by atoms with Crippen LogP contribution in [0.25, 0.3) is 0 Å². The number of rotatable bonds is 11. The van der Waals surface area contributed by atoms with Crippen molar-refractivity contribution in [1.82, 2.24) is 10.6 Å². The van der Waals surface area contributed by atoms with Crippen LogP contribution >= 0.6 is 12.4 Å². The van der Waals surface area contributed by atoms with E-state index in [1.165, 1.54) is 21.3 Å². The first-order valence-electron chi connectivity index (χ1n) is 11.3. The highest BCUT2D eigenvalue weighted by Crippen LogP contribution is 2.39. The van der Waals surface area contributed by atoms with Gasteiger partial charge in [-0.05, 0) is 56.8 Å². The molecule has 2 N–H and O–H groups in total. The summed E-state index contributed by atoms with van der Waals surface area (Å²) in [7, 11) is 4.56. The second-order valence-corrected chi connectivity index (χ2v) is 8.70. The third-order valence-electron chi connectivity index (χ3n) is 6.15. The predicted molar refractivity (Wildman–Crippen MR) is 135 cm³/mol. The molecule has 3 rings (SSSR count). The van der Waals surface area contributed by atoms with Gasteiger partial charge in [0.1, 0.15) is 0 Å². The fraction of sp³-hybridized carbons (Fsp3) is 0.462. The number of halogens is 1. The molecule has 0 bridgehead atoms. The molecule has 0 radical (unpaired) electrons. The molecule has 34 heavy (non-hydrogen) atoms. The fourth-order valence-electron chi connectivity index (χ4n) is 4.25. The Bertz CT molecular complexity index is 938. The zero-order valence-corrected chi connectivity index (χ0v) is 21.1. The van der Waals surface area contributed by atoms with E-state index in [-0.39, 0.29) is 36.6 Å². The highest BCUT2D eigenvalue weighted by molar-refractivity contribution is 5.98. The first kappa shape index (κ1) is 27.5. The van der Waals surface area contributed by atoms with E-state index < -0.39 is 5.54 Å². The van der Waals surface area contributed by atoms with E-state index in [4.69, 9.17) is 14.2 Å². The van der Waals surface area contributed by atoms with Crippen molar-refractivity contribution >= 4 is 24.1 Å². The average Bonchev–Trinajstić information content (AvgIpc) is 3.37. The third kappa shape index (κ3) is 6.87. The van der Waals surface area contributed by atoms with Gasteiger partial charge in [0.25, 0.3) is 0 Å². The van der Waals surface area contributed by atoms with Crippen LogP contribution < -0.4 is 24.8 Å². The van der Waals surface area contributed by atoms with Gasteiger partial charge in [0.15, 0.2) is 17.3 Å². The number of hydrogen-bond acceptors (Lipinski definition) is 6. The summed E-state index contributed by atoms with van der Waals surface area (Å²) in [6, 6.07) is 13.2. The Morgan fingerprint density at radius 1 is 1.06 bits per heavy atom. The molecule has 1 aliphatic heterocycles. The van der Waals surface area contributed by atoms with Crippen LogP contribution in [0, 0.1) is 0 Å². The number of hydrogen-bond donors (Lipinski definition) is 2. The summed E-state index contributed by atoms with van der Waals surface area (Å²) in [5.41, 5.74) is 0.898. The Balaban J connectivity index is 0.00000408. The lowest BCUT2D eigenvalue weighted by Crippen LogP contribution is -2.53. The van der Waals surface area contributed by atoms with Crippen molar-refractivity contribution in [3.8, 4) is 17.2 Å². The summed E-state index contributed by atoms with van der Waals surface area (Å²) in [6.07, 6.45) is 3.31. The Morgan fingerprint density at radius 3 is 2.24 bits per heavy atom. The zero-order valence-electron chi connectivity index (χ0n) is 20.3. The van der Waals surface area contributed by atoms with Crippen molar-refractivity contribution in [3.63, 3.8) is 0 Å². The molecular weight excluding hydrogens is 456 g/mol. The van der Waals surface area contributed by atoms with Crippen LogP contribution in [-0.2, 0) is 11.2 Å². The maximum atomic E-state index is 13.4. The van der Waals surface area contributed by atoms with Crippen LogP contribution in [0.3, 0.4) is 0 Å². The summed E-state index contributed by atoms with van der Waals surface area (Å²) >= 11 is 0. The van der Waals surface area contributed by atoms with Gasteiger partial charge in [-0.15, -0.1) is 12.4 Å². The molecule has 0 aromatic heterocycles. The van der Waals surface area contributed by atoms with Gasteiger partial charge in [-0.1, -0.05) is 30.3 Å². The Labute approximate surface area is 208 Å². The highest BCUT2D eigenvalue weighted by atomic mass is 35.5. The lowest BCUT2D eigenvalue weighted by molar-refractivity contribution is -0.124. The van der Waals surface area contributed by atoms with Crippen LogP contribution in [0.5, 0.6) is 17.2 Å². The molecular formula is C26H35ClN2O5. The molecule has 2 aromatic carbocycles. The first-order valence-corrected chi connectivity index (χ1v) is 11.3. The van der Waals surface area contributed by atoms with E-state index in [9.17, 15) is 9.59 Å². The van der Waals surface area contributed by atoms with Crippen molar-refractivity contribution < 1.29 is 23.8 Å². The van der Waals surface area contributed by atoms with Crippen LogP contribution in [0.4, 0.5) is 0 Å². The number of aryl methyl sites for hydroxylation is 1. The van der Waals surface area contributed by atoms with E-state index in [0.29, 0.717) is 29.2 Å². The number of ketones is 1. The Kier molecular flexibility index (Phi) is 10.2. The molecule has 1 amide bonds. The van der Waals surface area contributed by atoms with Gasteiger partial charge in [-0.3, -0.25) is 9.59 Å². The number of ether oxygens (including phenoxy) is 3. The Hall–Kier alpha value is -2.77. The minimum Gasteiger partial charge on any atom is -0.493 e. The molecule has 1 fully saturated rings. The van der Waals surface area contributed by atoms with Crippen molar-refractivity contribution in [2.24, 2.45) is 0 Å². The smallest absolute Gasteiger partial charge is 0.237 e. The highest BCUT2D eigenvalue weighted by Gasteiger charge is 2.33. The molecule has 186 valence electrons. The standard InChI is InChI=1S/C26H34N2O5.ClH/c1-26(13-12-18-9-6-5-7-10-18,28-25(30)20-11-8-14-27-20)17-21(29)19-15-22(31-2)24(33-4)23(16-19)32-3;/h5-7,9-10,15-16,20,27H,8,11-14,17H2,1-4H3,(H,28,30);1H/t20-,26?;/m0./s1. The molecule has 0 aliphatic carbocycles. The number of methoxy groups -OCH3 is 3. The van der Waals surface area contributed by atoms with Gasteiger partial charge < -0.3 is 24.8 Å². The summed E-state index contributed by atoms with van der Waals surface area (Å²) in [5, 5.41) is 6.41. The fourth-order valence-corrected chi connectivity index (χ4v) is 4.25. The van der Waals surface area contributed by atoms with Crippen LogP contribution in [0.2, 0.25) is 0 Å². The topological polar surface area (TPSA) is 85.9 Å². The van der Waals surface area contributed by atoms with Crippen LogP contribution in [-0.4, -0.2) is 51.1 Å². The summed E-state index contributed by atoms with van der Waals surface area (Å²) in [5.74, 6) is 1.12. The van der Waals surface area contributed by atoms with Crippen LogP contribution in [0.15, 0.2) is 42.5 Å². The molecule has 0 saturated carbocycles. The van der Waals surface area contributed by atoms with Crippen molar-refractivity contribution in [1.29, 1.82) is 0 Å². The third-order valence-corrected chi connectivity index (χ3v) is 6.15. The van der Waals surface area contributed by atoms with Crippen molar-refractivity contribution in [2.45, 2.75) is 50.6 Å². The van der Waals surface area contributed by atoms with E-state index in [1.807, 2.05) is 25.1 Å². The summed E-state index contributed by atoms with van der Waals surface area (Å²) < 4.78 is 16.2. The molecule has 0 spiro atoms. The van der Waals surface area contributed by atoms with Gasteiger partial charge in [-0.25, -0.2) is 0 Å². The number of carbonyl (C=O) groups is 2. The molecule has 1 saturated heterocycles. The summed E-state index contributed by atoms with van der Waals surface area (Å²) in [6.45, 7) is 2.78. The molecule has 7 nitrogen and oxygen atoms in total. The number of carbonyl (C=O) groups excluding carboxylic acids is 2. The van der Waals surface area contributed by atoms with Gasteiger partial charge in [0, 0.05) is 17.5 Å². The Morgan fingerprint density at radius 2 is 1.71 bits per heavy atom. The van der Waals surface area contributed by atoms with Crippen molar-refractivity contribution in [3.05, 3.63) is 53.6 Å². The molecule has 1 unspecified atom stereocenters. The normalized spacial score (nSPS) is 16.6. The number of Topliss-reactive ketones (excluding diaryl/α,β-unsaturated/α-hetero) is 1. The number of nitrogens with one attached hydrogen (secondary N) is 2. The van der Waals surface area contributed by atoms with E-state index in [2.05, 4.69) is 22.8 Å². The van der Waals surface area contributed by atoms with Crippen molar-refractivity contribution in [2.75, 3.05) is 27.9 Å². The summed E-state index contributed by atoms with van der Waals surface area (Å²) in [4.78, 5) is 26.3. The monoisotopic (exact) mass is 490 g/mol. The molecule has 2 atom stereocenters. The molecule has 8 heteroatoms. The number of benzene rings is 2. The largest absolute Gasteiger partial charge is 0.493 e. The van der Waals surface area contributed by atoms with Gasteiger partial charge >= 0.3 is 0 Å². The van der Waals surface area contributed by atoms with Crippen LogP contribution in [0.1, 0.15) is 48.5 Å². The molecule has 1 heterocycles. The lowest BCUT2D eigenvalue weighted by atomic mass is 9.86. The number of amides is 1. The molecule has 2 aromatic rings. The maximum Gasteiger partial charge on any atom is 0.237 e. The van der Waals surface area contributed by atoms with E-state index in [0.717, 1.165) is 31.4 Å². The zero-order chi connectivity index (χ0) is 23.8. The van der Waals surface area contributed by atoms with E-state index >= 15 is 0 Å². The second-order valence-electron chi connectivity index (χ2n) is 8.70. The lowest BCUT2D eigenvalue weighted by Gasteiger charge is -2.32. The minimum atomic E-state index is -0.714. The average molecular weight is 491 g/mol. The predicted octanol–water partition coefficient (Wildman–Crippen LogP) is 3.97.